The molecule has 2 N–H and O–H groups in total. The Hall–Kier alpha value is -3.23. The molecule has 0 spiro atoms. The van der Waals surface area contributed by atoms with E-state index in [-0.39, 0.29) is 11.3 Å². The van der Waals surface area contributed by atoms with Crippen LogP contribution in [-0.4, -0.2) is 41.5 Å². The number of nitrogens with one attached hydrogen (secondary N) is 2. The highest BCUT2D eigenvalue weighted by atomic mass is 35.5. The summed E-state index contributed by atoms with van der Waals surface area (Å²) in [5.74, 6) is -0.0294. The fourth-order valence-electron chi connectivity index (χ4n) is 3.08. The molecule has 2 aromatic heterocycles. The molecule has 0 aliphatic heterocycles. The fourth-order valence-corrected chi connectivity index (χ4v) is 3.34. The van der Waals surface area contributed by atoms with Crippen molar-refractivity contribution in [1.29, 1.82) is 0 Å². The van der Waals surface area contributed by atoms with Crippen LogP contribution in [0.4, 0.5) is 0 Å². The zero-order valence-electron chi connectivity index (χ0n) is 17.6. The number of furan rings is 1. The molecule has 0 atom stereocenters. The SMILES string of the molecule is CCN(CC)Cc1ccc(C(=O)NNC(=O)c2cc(Cl)c(-n3cccc3)cc2OC)o1. The number of amides is 2. The molecule has 8 nitrogen and oxygen atoms in total. The summed E-state index contributed by atoms with van der Waals surface area (Å²) in [7, 11) is 1.46. The molecule has 31 heavy (non-hydrogen) atoms. The lowest BCUT2D eigenvalue weighted by molar-refractivity contribution is 0.0827. The number of hydrogen-bond donors (Lipinski definition) is 2. The molecule has 9 heteroatoms. The van der Waals surface area contributed by atoms with Crippen molar-refractivity contribution in [2.45, 2.75) is 20.4 Å². The van der Waals surface area contributed by atoms with Crippen LogP contribution in [0, 0.1) is 0 Å². The van der Waals surface area contributed by atoms with Gasteiger partial charge in [-0.05, 0) is 43.4 Å². The molecule has 0 bridgehead atoms. The number of carbonyl (C=O) groups is 2. The third-order valence-corrected chi connectivity index (χ3v) is 5.15. The number of carbonyl (C=O) groups excluding carboxylic acids is 2. The van der Waals surface area contributed by atoms with Crippen molar-refractivity contribution in [3.8, 4) is 11.4 Å². The number of halogens is 1. The van der Waals surface area contributed by atoms with Gasteiger partial charge in [0.15, 0.2) is 5.76 Å². The number of aromatic nitrogens is 1. The molecule has 0 radical (unpaired) electrons. The summed E-state index contributed by atoms with van der Waals surface area (Å²) in [6, 6.07) is 10.2. The fraction of sp³-hybridized carbons (Fsp3) is 0.273. The Kier molecular flexibility index (Phi) is 7.38. The van der Waals surface area contributed by atoms with E-state index in [1.165, 1.54) is 13.2 Å². The smallest absolute Gasteiger partial charge is 0.305 e. The first kappa shape index (κ1) is 22.5. The molecule has 0 aliphatic rings. The lowest BCUT2D eigenvalue weighted by Crippen LogP contribution is -2.41. The van der Waals surface area contributed by atoms with E-state index in [2.05, 4.69) is 29.6 Å². The van der Waals surface area contributed by atoms with Gasteiger partial charge in [0.2, 0.25) is 0 Å². The Bertz CT molecular complexity index is 1040. The van der Waals surface area contributed by atoms with Crippen molar-refractivity contribution in [3.63, 3.8) is 0 Å². The minimum Gasteiger partial charge on any atom is -0.496 e. The molecular formula is C22H25ClN4O4. The van der Waals surface area contributed by atoms with Crippen LogP contribution in [0.15, 0.2) is 53.2 Å². The van der Waals surface area contributed by atoms with Crippen molar-refractivity contribution >= 4 is 23.4 Å². The lowest BCUT2D eigenvalue weighted by atomic mass is 10.1. The van der Waals surface area contributed by atoms with Gasteiger partial charge in [-0.1, -0.05) is 25.4 Å². The standard InChI is InChI=1S/C22H25ClN4O4/c1-4-26(5-2)14-15-8-9-19(31-15)22(29)25-24-21(28)16-12-17(23)18(13-20(16)30-3)27-10-6-7-11-27/h6-13H,4-5,14H2,1-3H3,(H,24,28)(H,25,29). The summed E-state index contributed by atoms with van der Waals surface area (Å²) in [6.07, 6.45) is 3.66. The van der Waals surface area contributed by atoms with Gasteiger partial charge < -0.3 is 13.7 Å². The second-order valence-corrected chi connectivity index (χ2v) is 7.14. The Morgan fingerprint density at radius 3 is 2.42 bits per heavy atom. The summed E-state index contributed by atoms with van der Waals surface area (Å²) in [5.41, 5.74) is 5.58. The summed E-state index contributed by atoms with van der Waals surface area (Å²) in [4.78, 5) is 27.1. The molecule has 0 unspecified atom stereocenters. The van der Waals surface area contributed by atoms with Crippen molar-refractivity contribution in [2.24, 2.45) is 0 Å². The van der Waals surface area contributed by atoms with Crippen LogP contribution in [0.1, 0.15) is 40.5 Å². The first-order chi connectivity index (χ1) is 15.0. The van der Waals surface area contributed by atoms with E-state index in [9.17, 15) is 9.59 Å². The van der Waals surface area contributed by atoms with E-state index in [1.807, 2.05) is 24.5 Å². The van der Waals surface area contributed by atoms with Gasteiger partial charge in [0.1, 0.15) is 11.5 Å². The van der Waals surface area contributed by atoms with E-state index in [0.29, 0.717) is 28.8 Å². The number of hydrogen-bond acceptors (Lipinski definition) is 5. The van der Waals surface area contributed by atoms with Gasteiger partial charge in [-0.15, -0.1) is 0 Å². The van der Waals surface area contributed by atoms with Gasteiger partial charge in [0.05, 0.1) is 29.9 Å². The zero-order chi connectivity index (χ0) is 22.4. The highest BCUT2D eigenvalue weighted by Crippen LogP contribution is 2.29. The normalized spacial score (nSPS) is 10.9. The minimum atomic E-state index is -0.568. The summed E-state index contributed by atoms with van der Waals surface area (Å²) in [5, 5.41) is 0.362. The molecule has 0 fully saturated rings. The topological polar surface area (TPSA) is 88.7 Å². The molecule has 0 saturated carbocycles. The molecule has 3 rings (SSSR count). The minimum absolute atomic E-state index is 0.107. The Labute approximate surface area is 185 Å². The van der Waals surface area contributed by atoms with Crippen LogP contribution < -0.4 is 15.6 Å². The van der Waals surface area contributed by atoms with Crippen LogP contribution in [-0.2, 0) is 6.54 Å². The highest BCUT2D eigenvalue weighted by Gasteiger charge is 2.19. The third-order valence-electron chi connectivity index (χ3n) is 4.85. The second kappa shape index (κ2) is 10.2. The Balaban J connectivity index is 1.67. The van der Waals surface area contributed by atoms with E-state index in [0.717, 1.165) is 13.1 Å². The number of methoxy groups -OCH3 is 1. The van der Waals surface area contributed by atoms with E-state index < -0.39 is 11.8 Å². The van der Waals surface area contributed by atoms with Crippen LogP contribution in [0.25, 0.3) is 5.69 Å². The summed E-state index contributed by atoms with van der Waals surface area (Å²) >= 11 is 6.36. The summed E-state index contributed by atoms with van der Waals surface area (Å²) in [6.45, 7) is 6.48. The average molecular weight is 445 g/mol. The molecule has 1 aromatic carbocycles. The maximum absolute atomic E-state index is 12.6. The molecule has 0 aliphatic carbocycles. The van der Waals surface area contributed by atoms with Crippen molar-refractivity contribution < 1.29 is 18.7 Å². The molecule has 2 heterocycles. The largest absolute Gasteiger partial charge is 0.496 e. The molecule has 0 saturated heterocycles. The van der Waals surface area contributed by atoms with Crippen LogP contribution in [0.3, 0.4) is 0 Å². The van der Waals surface area contributed by atoms with Crippen molar-refractivity contribution in [3.05, 3.63) is 70.9 Å². The van der Waals surface area contributed by atoms with Crippen LogP contribution >= 0.6 is 11.6 Å². The first-order valence-corrected chi connectivity index (χ1v) is 10.3. The van der Waals surface area contributed by atoms with Gasteiger partial charge in [-0.25, -0.2) is 0 Å². The number of benzene rings is 1. The second-order valence-electron chi connectivity index (χ2n) is 6.73. The molecule has 2 amide bonds. The average Bonchev–Trinajstić information content (AvgIpc) is 3.47. The molecule has 164 valence electrons. The van der Waals surface area contributed by atoms with Gasteiger partial charge >= 0.3 is 5.91 Å². The van der Waals surface area contributed by atoms with Crippen molar-refractivity contribution in [2.75, 3.05) is 20.2 Å². The molecule has 3 aromatic rings. The quantitative estimate of drug-likeness (QED) is 0.518. The van der Waals surface area contributed by atoms with Crippen molar-refractivity contribution in [1.82, 2.24) is 20.3 Å². The van der Waals surface area contributed by atoms with Gasteiger partial charge in [0.25, 0.3) is 5.91 Å². The number of nitrogens with zero attached hydrogens (tertiary/aromatic N) is 2. The highest BCUT2D eigenvalue weighted by molar-refractivity contribution is 6.33. The third kappa shape index (κ3) is 5.28. The predicted octanol–water partition coefficient (Wildman–Crippen LogP) is 3.65. The van der Waals surface area contributed by atoms with E-state index in [4.69, 9.17) is 20.8 Å². The van der Waals surface area contributed by atoms with Crippen LogP contribution in [0.2, 0.25) is 5.02 Å². The maximum Gasteiger partial charge on any atom is 0.305 e. The van der Waals surface area contributed by atoms with Gasteiger partial charge in [0, 0.05) is 18.5 Å². The van der Waals surface area contributed by atoms with E-state index >= 15 is 0 Å². The Morgan fingerprint density at radius 2 is 1.77 bits per heavy atom. The number of ether oxygens (including phenoxy) is 1. The molecular weight excluding hydrogens is 420 g/mol. The maximum atomic E-state index is 12.6. The first-order valence-electron chi connectivity index (χ1n) is 9.89. The number of rotatable bonds is 8. The van der Waals surface area contributed by atoms with Gasteiger partial charge in [-0.3, -0.25) is 25.3 Å². The lowest BCUT2D eigenvalue weighted by Gasteiger charge is -2.15. The van der Waals surface area contributed by atoms with Crippen LogP contribution in [0.5, 0.6) is 5.75 Å². The monoisotopic (exact) mass is 444 g/mol. The van der Waals surface area contributed by atoms with E-state index in [1.54, 1.807) is 22.8 Å². The predicted molar refractivity (Wildman–Crippen MR) is 118 cm³/mol. The van der Waals surface area contributed by atoms with Gasteiger partial charge in [-0.2, -0.15) is 0 Å². The Morgan fingerprint density at radius 1 is 1.10 bits per heavy atom. The zero-order valence-corrected chi connectivity index (χ0v) is 18.4. The number of hydrazine groups is 1. The summed E-state index contributed by atoms with van der Waals surface area (Å²) < 4.78 is 12.7.